The lowest BCUT2D eigenvalue weighted by Gasteiger charge is -2.22. The average Bonchev–Trinajstić information content (AvgIpc) is 3.87. The second-order valence-electron chi connectivity index (χ2n) is 15.4. The van der Waals surface area contributed by atoms with E-state index in [1.54, 1.807) is 0 Å². The number of nitrogens with two attached hydrogens (primary N) is 1. The maximum atomic E-state index is 7.13. The smallest absolute Gasteiger partial charge is 0.157 e. The Hall–Kier alpha value is -7.50. The maximum Gasteiger partial charge on any atom is 0.157 e. The van der Waals surface area contributed by atoms with Crippen molar-refractivity contribution in [2.24, 2.45) is 15.7 Å². The molecule has 0 amide bonds. The van der Waals surface area contributed by atoms with E-state index in [0.717, 1.165) is 83.0 Å². The van der Waals surface area contributed by atoms with Gasteiger partial charge in [-0.2, -0.15) is 0 Å². The molecule has 2 aliphatic rings. The molecule has 0 saturated heterocycles. The fraction of sp³-hybridized carbons (Fsp3) is 0.0741. The Balaban J connectivity index is 0.987. The van der Waals surface area contributed by atoms with Crippen molar-refractivity contribution in [2.75, 3.05) is 0 Å². The van der Waals surface area contributed by atoms with Gasteiger partial charge in [0.15, 0.2) is 5.84 Å². The zero-order chi connectivity index (χ0) is 39.5. The molecule has 0 radical (unpaired) electrons. The van der Waals surface area contributed by atoms with Crippen molar-refractivity contribution in [3.05, 3.63) is 210 Å². The van der Waals surface area contributed by atoms with Gasteiger partial charge in [0.05, 0.1) is 12.0 Å². The number of rotatable bonds is 6. The van der Waals surface area contributed by atoms with Crippen molar-refractivity contribution >= 4 is 55.2 Å². The molecule has 1 aliphatic heterocycles. The third-order valence-corrected chi connectivity index (χ3v) is 11.9. The van der Waals surface area contributed by atoms with Gasteiger partial charge in [-0.1, -0.05) is 152 Å². The number of nitrogens with zero attached hydrogens (tertiary/aromatic N) is 2. The van der Waals surface area contributed by atoms with E-state index in [0.29, 0.717) is 11.7 Å². The third kappa shape index (κ3) is 6.10. The van der Waals surface area contributed by atoms with E-state index >= 15 is 0 Å². The molecule has 8 aromatic carbocycles. The summed E-state index contributed by atoms with van der Waals surface area (Å²) in [4.78, 5) is 10.5. The predicted octanol–water partition coefficient (Wildman–Crippen LogP) is 13.1. The maximum absolute atomic E-state index is 7.13. The van der Waals surface area contributed by atoms with Gasteiger partial charge in [-0.15, -0.1) is 0 Å². The summed E-state index contributed by atoms with van der Waals surface area (Å²) in [5.41, 5.74) is 17.3. The Morgan fingerprint density at radius 1 is 0.644 bits per heavy atom. The van der Waals surface area contributed by atoms with Crippen LogP contribution in [0.3, 0.4) is 0 Å². The Morgan fingerprint density at radius 3 is 2.25 bits per heavy atom. The number of furan rings is 1. The SMILES string of the molecule is CC(N=C(N=C(N)C1=CC=CC2Oc3ccc(-c4cccc5oc6c7ccccc7ccc6c45)cc3C12)c1ccc(-c2ccccc2)cc1)c1ccc2ccccc2c1. The summed E-state index contributed by atoms with van der Waals surface area (Å²) in [6, 6.07) is 59.1. The Morgan fingerprint density at radius 2 is 1.39 bits per heavy atom. The van der Waals surface area contributed by atoms with E-state index in [1.165, 1.54) is 10.8 Å². The van der Waals surface area contributed by atoms with Crippen LogP contribution in [0.15, 0.2) is 208 Å². The molecule has 1 aliphatic carbocycles. The van der Waals surface area contributed by atoms with E-state index in [-0.39, 0.29) is 18.1 Å². The van der Waals surface area contributed by atoms with Gasteiger partial charge < -0.3 is 14.9 Å². The van der Waals surface area contributed by atoms with Gasteiger partial charge in [0.2, 0.25) is 0 Å². The molecule has 59 heavy (non-hydrogen) atoms. The Bertz CT molecular complexity index is 3230. The number of amidine groups is 2. The van der Waals surface area contributed by atoms with Crippen LogP contribution in [0.2, 0.25) is 0 Å². The summed E-state index contributed by atoms with van der Waals surface area (Å²) in [7, 11) is 0. The first-order valence-corrected chi connectivity index (χ1v) is 20.1. The number of ether oxygens (including phenoxy) is 1. The van der Waals surface area contributed by atoms with Gasteiger partial charge in [0, 0.05) is 32.9 Å². The van der Waals surface area contributed by atoms with Crippen molar-refractivity contribution in [1.29, 1.82) is 0 Å². The standard InChI is InChI=1S/C54H39N3O2/c1-33(39-26-23-35-13-5-6-15-40(35)31-39)56-54(38-24-21-36(22-25-38)34-11-3-2-4-12-34)57-53(55)45-18-10-19-48-51(45)46-32-41(28-30-47(46)58-48)42-17-9-20-49-50(42)44-29-27-37-14-7-8-16-43(37)52(44)59-49/h2-33,48,51H,1H3,(H2,55,56,57). The molecule has 2 heterocycles. The highest BCUT2D eigenvalue weighted by Crippen LogP contribution is 2.47. The second-order valence-corrected chi connectivity index (χ2v) is 15.4. The molecule has 11 rings (SSSR count). The van der Waals surface area contributed by atoms with Gasteiger partial charge in [-0.05, 0) is 87.3 Å². The molecule has 9 aromatic rings. The summed E-state index contributed by atoms with van der Waals surface area (Å²) in [6.07, 6.45) is 5.99. The van der Waals surface area contributed by atoms with Crippen LogP contribution in [-0.2, 0) is 0 Å². The van der Waals surface area contributed by atoms with Gasteiger partial charge >= 0.3 is 0 Å². The van der Waals surface area contributed by atoms with Gasteiger partial charge in [-0.3, -0.25) is 4.99 Å². The molecule has 0 spiro atoms. The Kier molecular flexibility index (Phi) is 8.33. The molecule has 282 valence electrons. The summed E-state index contributed by atoms with van der Waals surface area (Å²) >= 11 is 0. The van der Waals surface area contributed by atoms with Crippen LogP contribution in [0.4, 0.5) is 0 Å². The lowest BCUT2D eigenvalue weighted by molar-refractivity contribution is 0.267. The van der Waals surface area contributed by atoms with Gasteiger partial charge in [0.1, 0.15) is 28.9 Å². The van der Waals surface area contributed by atoms with Crippen LogP contribution in [-0.4, -0.2) is 17.8 Å². The minimum atomic E-state index is -0.215. The first kappa shape index (κ1) is 34.7. The van der Waals surface area contributed by atoms with E-state index in [4.69, 9.17) is 24.9 Å². The molecule has 5 nitrogen and oxygen atoms in total. The highest BCUT2D eigenvalue weighted by Gasteiger charge is 2.38. The monoisotopic (exact) mass is 761 g/mol. The zero-order valence-electron chi connectivity index (χ0n) is 32.4. The predicted molar refractivity (Wildman–Crippen MR) is 243 cm³/mol. The van der Waals surface area contributed by atoms with Crippen molar-refractivity contribution in [3.8, 4) is 28.0 Å². The molecular formula is C54H39N3O2. The van der Waals surface area contributed by atoms with Crippen molar-refractivity contribution < 1.29 is 9.15 Å². The van der Waals surface area contributed by atoms with Crippen LogP contribution in [0.5, 0.6) is 5.75 Å². The topological polar surface area (TPSA) is 73.1 Å². The van der Waals surface area contributed by atoms with E-state index in [2.05, 4.69) is 183 Å². The number of benzene rings is 8. The molecule has 0 bridgehead atoms. The van der Waals surface area contributed by atoms with Crippen LogP contribution in [0.25, 0.3) is 65.7 Å². The lowest BCUT2D eigenvalue weighted by atomic mass is 9.83. The highest BCUT2D eigenvalue weighted by molar-refractivity contribution is 6.19. The average molecular weight is 762 g/mol. The quantitative estimate of drug-likeness (QED) is 0.135. The van der Waals surface area contributed by atoms with Crippen molar-refractivity contribution in [1.82, 2.24) is 0 Å². The third-order valence-electron chi connectivity index (χ3n) is 11.9. The van der Waals surface area contributed by atoms with Crippen LogP contribution < -0.4 is 10.5 Å². The number of fused-ring (bicyclic) bond motifs is 9. The molecule has 5 heteroatoms. The van der Waals surface area contributed by atoms with Gasteiger partial charge in [0.25, 0.3) is 0 Å². The molecule has 0 saturated carbocycles. The summed E-state index contributed by atoms with van der Waals surface area (Å²) in [5, 5.41) is 6.85. The summed E-state index contributed by atoms with van der Waals surface area (Å²) < 4.78 is 13.1. The van der Waals surface area contributed by atoms with Crippen LogP contribution in [0.1, 0.15) is 35.6 Å². The normalized spacial score (nSPS) is 16.9. The van der Waals surface area contributed by atoms with E-state index in [1.807, 2.05) is 12.1 Å². The first-order valence-electron chi connectivity index (χ1n) is 20.1. The molecule has 1 aromatic heterocycles. The second kappa shape index (κ2) is 14.2. The highest BCUT2D eigenvalue weighted by atomic mass is 16.5. The van der Waals surface area contributed by atoms with Crippen molar-refractivity contribution in [2.45, 2.75) is 25.0 Å². The Labute approximate surface area is 342 Å². The molecular weight excluding hydrogens is 723 g/mol. The molecule has 3 atom stereocenters. The zero-order valence-corrected chi connectivity index (χ0v) is 32.4. The molecule has 0 fully saturated rings. The fourth-order valence-electron chi connectivity index (χ4n) is 8.88. The van der Waals surface area contributed by atoms with Gasteiger partial charge in [-0.25, -0.2) is 4.99 Å². The van der Waals surface area contributed by atoms with Crippen molar-refractivity contribution in [3.63, 3.8) is 0 Å². The largest absolute Gasteiger partial charge is 0.485 e. The summed E-state index contributed by atoms with van der Waals surface area (Å²) in [6.45, 7) is 2.11. The summed E-state index contributed by atoms with van der Waals surface area (Å²) in [5.74, 6) is 1.69. The molecule has 2 N–H and O–H groups in total. The molecule has 3 unspecified atom stereocenters. The van der Waals surface area contributed by atoms with Crippen LogP contribution in [0, 0.1) is 0 Å². The number of hydrogen-bond acceptors (Lipinski definition) is 3. The lowest BCUT2D eigenvalue weighted by Crippen LogP contribution is -2.28. The minimum Gasteiger partial charge on any atom is -0.485 e. The fourth-order valence-corrected chi connectivity index (χ4v) is 8.88. The number of allylic oxidation sites excluding steroid dienone is 2. The van der Waals surface area contributed by atoms with E-state index < -0.39 is 0 Å². The van der Waals surface area contributed by atoms with Crippen LogP contribution >= 0.6 is 0 Å². The first-order chi connectivity index (χ1) is 29.1. The number of hydrogen-bond donors (Lipinski definition) is 1. The van der Waals surface area contributed by atoms with E-state index in [9.17, 15) is 0 Å². The number of aliphatic imine (C=N–C) groups is 2. The minimum absolute atomic E-state index is 0.150.